The van der Waals surface area contributed by atoms with E-state index >= 15 is 0 Å². The van der Waals surface area contributed by atoms with E-state index in [9.17, 15) is 4.79 Å². The third kappa shape index (κ3) is 0.940. The van der Waals surface area contributed by atoms with Crippen LogP contribution in [0.1, 0.15) is 5.56 Å². The van der Waals surface area contributed by atoms with Crippen LogP contribution in [-0.4, -0.2) is 5.97 Å². The van der Waals surface area contributed by atoms with Gasteiger partial charge in [0.1, 0.15) is 5.75 Å². The summed E-state index contributed by atoms with van der Waals surface area (Å²) in [5.74, 6) is 0.587. The number of benzene rings is 2. The average molecular weight is 184 g/mol. The van der Waals surface area contributed by atoms with E-state index in [0.717, 1.165) is 22.1 Å². The fraction of sp³-hybridized carbons (Fsp3) is 0.0833. The van der Waals surface area contributed by atoms with Crippen molar-refractivity contribution in [2.45, 2.75) is 6.42 Å². The van der Waals surface area contributed by atoms with Gasteiger partial charge in [-0.3, -0.25) is 4.79 Å². The molecule has 2 heteroatoms. The Hall–Kier alpha value is -1.83. The number of hydrogen-bond donors (Lipinski definition) is 0. The Balaban J connectivity index is 2.39. The first-order chi connectivity index (χ1) is 6.84. The number of carbonyl (C=O) groups excluding carboxylic acids is 1. The molecule has 68 valence electrons. The maximum absolute atomic E-state index is 11.1. The molecule has 1 aliphatic rings. The molecule has 2 aromatic carbocycles. The lowest BCUT2D eigenvalue weighted by molar-refractivity contribution is -0.131. The summed E-state index contributed by atoms with van der Waals surface area (Å²) in [6.07, 6.45) is 0.403. The highest BCUT2D eigenvalue weighted by atomic mass is 16.5. The topological polar surface area (TPSA) is 26.3 Å². The SMILES string of the molecule is O=C1Cc2ccc3ccccc3c2O1. The van der Waals surface area contributed by atoms with Crippen LogP contribution >= 0.6 is 0 Å². The van der Waals surface area contributed by atoms with Gasteiger partial charge >= 0.3 is 5.97 Å². The van der Waals surface area contributed by atoms with E-state index < -0.39 is 0 Å². The Morgan fingerprint density at radius 2 is 1.93 bits per heavy atom. The monoisotopic (exact) mass is 184 g/mol. The minimum absolute atomic E-state index is 0.156. The standard InChI is InChI=1S/C12H8O2/c13-11-7-9-6-5-8-3-1-2-4-10(8)12(9)14-11/h1-6H,7H2. The molecule has 0 atom stereocenters. The molecule has 0 radical (unpaired) electrons. The molecular weight excluding hydrogens is 176 g/mol. The van der Waals surface area contributed by atoms with Gasteiger partial charge < -0.3 is 4.74 Å². The minimum atomic E-state index is -0.156. The van der Waals surface area contributed by atoms with E-state index in [1.165, 1.54) is 0 Å². The number of fused-ring (bicyclic) bond motifs is 3. The van der Waals surface area contributed by atoms with Crippen molar-refractivity contribution in [3.8, 4) is 5.75 Å². The van der Waals surface area contributed by atoms with Gasteiger partial charge in [0.05, 0.1) is 6.42 Å². The fourth-order valence-electron chi connectivity index (χ4n) is 1.85. The van der Waals surface area contributed by atoms with Crippen molar-refractivity contribution in [1.29, 1.82) is 0 Å². The number of rotatable bonds is 0. The first-order valence-electron chi connectivity index (χ1n) is 4.56. The zero-order valence-electron chi connectivity index (χ0n) is 7.49. The zero-order valence-corrected chi connectivity index (χ0v) is 7.49. The summed E-state index contributed by atoms with van der Waals surface area (Å²) in [5, 5.41) is 2.14. The van der Waals surface area contributed by atoms with Gasteiger partial charge in [0, 0.05) is 10.9 Å². The van der Waals surface area contributed by atoms with Gasteiger partial charge in [-0.05, 0) is 5.39 Å². The number of ether oxygens (including phenoxy) is 1. The van der Waals surface area contributed by atoms with Crippen LogP contribution in [0.5, 0.6) is 5.75 Å². The predicted octanol–water partition coefficient (Wildman–Crippen LogP) is 2.30. The van der Waals surface area contributed by atoms with E-state index in [4.69, 9.17) is 4.74 Å². The molecule has 0 saturated carbocycles. The zero-order chi connectivity index (χ0) is 9.54. The van der Waals surface area contributed by atoms with Crippen LogP contribution in [0.25, 0.3) is 10.8 Å². The normalized spacial score (nSPS) is 14.1. The van der Waals surface area contributed by atoms with Crippen LogP contribution in [0.15, 0.2) is 36.4 Å². The van der Waals surface area contributed by atoms with Gasteiger partial charge in [-0.15, -0.1) is 0 Å². The molecule has 0 N–H and O–H groups in total. The Bertz CT molecular complexity index is 529. The van der Waals surface area contributed by atoms with Crippen LogP contribution in [0, 0.1) is 0 Å². The lowest BCUT2D eigenvalue weighted by Gasteiger charge is -2.02. The largest absolute Gasteiger partial charge is 0.425 e. The molecule has 14 heavy (non-hydrogen) atoms. The summed E-state index contributed by atoms with van der Waals surface area (Å²) >= 11 is 0. The molecule has 0 saturated heterocycles. The molecule has 0 fully saturated rings. The first-order valence-corrected chi connectivity index (χ1v) is 4.56. The van der Waals surface area contributed by atoms with Crippen LogP contribution < -0.4 is 4.74 Å². The summed E-state index contributed by atoms with van der Waals surface area (Å²) in [6.45, 7) is 0. The smallest absolute Gasteiger partial charge is 0.315 e. The van der Waals surface area contributed by atoms with E-state index in [-0.39, 0.29) is 5.97 Å². The van der Waals surface area contributed by atoms with Crippen molar-refractivity contribution in [3.63, 3.8) is 0 Å². The molecule has 0 bridgehead atoms. The van der Waals surface area contributed by atoms with Crippen molar-refractivity contribution < 1.29 is 9.53 Å². The molecule has 0 aliphatic carbocycles. The van der Waals surface area contributed by atoms with E-state index in [1.54, 1.807) is 0 Å². The predicted molar refractivity (Wildman–Crippen MR) is 53.3 cm³/mol. The average Bonchev–Trinajstić information content (AvgIpc) is 2.59. The third-order valence-corrected chi connectivity index (χ3v) is 2.51. The van der Waals surface area contributed by atoms with Gasteiger partial charge in [0.15, 0.2) is 0 Å². The summed E-state index contributed by atoms with van der Waals surface area (Å²) in [7, 11) is 0. The molecular formula is C12H8O2. The molecule has 0 spiro atoms. The summed E-state index contributed by atoms with van der Waals surface area (Å²) in [5.41, 5.74) is 0.994. The highest BCUT2D eigenvalue weighted by Gasteiger charge is 2.21. The Kier molecular flexibility index (Phi) is 1.39. The van der Waals surface area contributed by atoms with Crippen LogP contribution in [0.4, 0.5) is 0 Å². The van der Waals surface area contributed by atoms with E-state index in [1.807, 2.05) is 36.4 Å². The summed E-state index contributed by atoms with van der Waals surface area (Å²) < 4.78 is 5.18. The fourth-order valence-corrected chi connectivity index (χ4v) is 1.85. The van der Waals surface area contributed by atoms with Crippen molar-refractivity contribution in [1.82, 2.24) is 0 Å². The number of esters is 1. The molecule has 2 aromatic rings. The maximum Gasteiger partial charge on any atom is 0.315 e. The second kappa shape index (κ2) is 2.58. The van der Waals surface area contributed by atoms with Gasteiger partial charge in [0.25, 0.3) is 0 Å². The summed E-state index contributed by atoms with van der Waals surface area (Å²) in [4.78, 5) is 11.1. The number of hydrogen-bond acceptors (Lipinski definition) is 2. The van der Waals surface area contributed by atoms with E-state index in [2.05, 4.69) is 0 Å². The van der Waals surface area contributed by atoms with E-state index in [0.29, 0.717) is 6.42 Å². The Morgan fingerprint density at radius 1 is 1.07 bits per heavy atom. The van der Waals surface area contributed by atoms with Gasteiger partial charge in [-0.2, -0.15) is 0 Å². The minimum Gasteiger partial charge on any atom is -0.425 e. The molecule has 1 heterocycles. The van der Waals surface area contributed by atoms with Crippen LogP contribution in [-0.2, 0) is 11.2 Å². The third-order valence-electron chi connectivity index (χ3n) is 2.51. The molecule has 0 aromatic heterocycles. The Morgan fingerprint density at radius 3 is 2.86 bits per heavy atom. The molecule has 0 amide bonds. The lowest BCUT2D eigenvalue weighted by Crippen LogP contribution is -2.00. The Labute approximate surface area is 81.1 Å². The van der Waals surface area contributed by atoms with Crippen molar-refractivity contribution in [2.24, 2.45) is 0 Å². The van der Waals surface area contributed by atoms with Crippen LogP contribution in [0.2, 0.25) is 0 Å². The van der Waals surface area contributed by atoms with Crippen molar-refractivity contribution in [3.05, 3.63) is 42.0 Å². The first kappa shape index (κ1) is 7.56. The molecule has 0 unspecified atom stereocenters. The van der Waals surface area contributed by atoms with Gasteiger partial charge in [-0.25, -0.2) is 0 Å². The van der Waals surface area contributed by atoms with Gasteiger partial charge in [-0.1, -0.05) is 36.4 Å². The van der Waals surface area contributed by atoms with Crippen LogP contribution in [0.3, 0.4) is 0 Å². The highest BCUT2D eigenvalue weighted by Crippen LogP contribution is 2.34. The van der Waals surface area contributed by atoms with Gasteiger partial charge in [0.2, 0.25) is 0 Å². The molecule has 2 nitrogen and oxygen atoms in total. The van der Waals surface area contributed by atoms with Crippen molar-refractivity contribution in [2.75, 3.05) is 0 Å². The quantitative estimate of drug-likeness (QED) is 0.464. The maximum atomic E-state index is 11.1. The second-order valence-corrected chi connectivity index (χ2v) is 3.43. The highest BCUT2D eigenvalue weighted by molar-refractivity contribution is 5.95. The van der Waals surface area contributed by atoms with Crippen molar-refractivity contribution >= 4 is 16.7 Å². The molecule has 1 aliphatic heterocycles. The number of carbonyl (C=O) groups is 1. The summed E-state index contributed by atoms with van der Waals surface area (Å²) in [6, 6.07) is 11.9. The molecule has 3 rings (SSSR count). The lowest BCUT2D eigenvalue weighted by atomic mass is 10.1. The second-order valence-electron chi connectivity index (χ2n) is 3.43.